The summed E-state index contributed by atoms with van der Waals surface area (Å²) in [5.41, 5.74) is 2.25. The number of aliphatic carboxylic acids is 1. The zero-order valence-corrected chi connectivity index (χ0v) is 10.7. The average molecular weight is 269 g/mol. The first-order valence-corrected chi connectivity index (χ1v) is 6.08. The van der Waals surface area contributed by atoms with Gasteiger partial charge in [-0.25, -0.2) is 4.79 Å². The number of benzene rings is 1. The fraction of sp³-hybridized carbons (Fsp3) is 0.385. The minimum absolute atomic E-state index is 0.0976. The van der Waals surface area contributed by atoms with Crippen molar-refractivity contribution in [2.45, 2.75) is 26.2 Å². The first-order valence-electron chi connectivity index (χ1n) is 5.70. The standard InChI is InChI=1S/C13H13ClO4/c1-7-12-8(3-2-4-9(12)15)5-10(13(7)14)18-6-11(16)17/h5H,2-4,6H2,1H3,(H,16,17). The number of hydrogen-bond acceptors (Lipinski definition) is 3. The quantitative estimate of drug-likeness (QED) is 0.915. The molecule has 0 fully saturated rings. The lowest BCUT2D eigenvalue weighted by Gasteiger charge is -2.20. The van der Waals surface area contributed by atoms with E-state index in [1.165, 1.54) is 0 Å². The Bertz CT molecular complexity index is 522. The van der Waals surface area contributed by atoms with Crippen LogP contribution in [0.15, 0.2) is 6.07 Å². The summed E-state index contributed by atoms with van der Waals surface area (Å²) in [6.07, 6.45) is 2.15. The minimum atomic E-state index is -1.06. The van der Waals surface area contributed by atoms with Crippen LogP contribution in [0.4, 0.5) is 0 Å². The summed E-state index contributed by atoms with van der Waals surface area (Å²) in [4.78, 5) is 22.3. The van der Waals surface area contributed by atoms with E-state index in [9.17, 15) is 9.59 Å². The number of carbonyl (C=O) groups excluding carboxylic acids is 1. The van der Waals surface area contributed by atoms with Gasteiger partial charge in [0.1, 0.15) is 5.75 Å². The molecule has 0 aliphatic heterocycles. The number of halogens is 1. The molecule has 5 heteroatoms. The van der Waals surface area contributed by atoms with Gasteiger partial charge in [0.15, 0.2) is 12.4 Å². The van der Waals surface area contributed by atoms with Crippen LogP contribution in [0.3, 0.4) is 0 Å². The van der Waals surface area contributed by atoms with Gasteiger partial charge in [0.05, 0.1) is 5.02 Å². The third-order valence-electron chi connectivity index (χ3n) is 3.03. The van der Waals surface area contributed by atoms with Crippen LogP contribution in [-0.4, -0.2) is 23.5 Å². The maximum absolute atomic E-state index is 11.8. The Morgan fingerprint density at radius 2 is 2.22 bits per heavy atom. The van der Waals surface area contributed by atoms with Crippen LogP contribution in [0.5, 0.6) is 5.75 Å². The topological polar surface area (TPSA) is 63.6 Å². The van der Waals surface area contributed by atoms with Crippen molar-refractivity contribution in [2.75, 3.05) is 6.61 Å². The fourth-order valence-corrected chi connectivity index (χ4v) is 2.43. The van der Waals surface area contributed by atoms with Gasteiger partial charge in [-0.3, -0.25) is 4.79 Å². The Labute approximate surface area is 110 Å². The van der Waals surface area contributed by atoms with Gasteiger partial charge in [-0.2, -0.15) is 0 Å². The molecule has 0 saturated heterocycles. The molecule has 1 aliphatic carbocycles. The fourth-order valence-electron chi connectivity index (χ4n) is 2.22. The lowest BCUT2D eigenvalue weighted by atomic mass is 9.87. The Morgan fingerprint density at radius 3 is 2.89 bits per heavy atom. The molecule has 1 aromatic rings. The second-order valence-corrected chi connectivity index (χ2v) is 4.68. The van der Waals surface area contributed by atoms with Crippen molar-refractivity contribution in [1.82, 2.24) is 0 Å². The molecule has 18 heavy (non-hydrogen) atoms. The van der Waals surface area contributed by atoms with Gasteiger partial charge >= 0.3 is 5.97 Å². The normalized spacial score (nSPS) is 14.2. The first kappa shape index (κ1) is 12.9. The molecule has 1 aromatic carbocycles. The van der Waals surface area contributed by atoms with Crippen molar-refractivity contribution in [1.29, 1.82) is 0 Å². The molecule has 2 rings (SSSR count). The largest absolute Gasteiger partial charge is 0.480 e. The molecule has 0 aromatic heterocycles. The van der Waals surface area contributed by atoms with E-state index in [1.54, 1.807) is 13.0 Å². The van der Waals surface area contributed by atoms with Crippen LogP contribution in [0.25, 0.3) is 0 Å². The summed E-state index contributed by atoms with van der Waals surface area (Å²) in [7, 11) is 0. The lowest BCUT2D eigenvalue weighted by molar-refractivity contribution is -0.139. The number of carbonyl (C=O) groups is 2. The SMILES string of the molecule is Cc1c(Cl)c(OCC(=O)O)cc2c1C(=O)CCC2. The van der Waals surface area contributed by atoms with E-state index in [2.05, 4.69) is 0 Å². The van der Waals surface area contributed by atoms with Crippen molar-refractivity contribution < 1.29 is 19.4 Å². The number of carboxylic acids is 1. The maximum Gasteiger partial charge on any atom is 0.341 e. The van der Waals surface area contributed by atoms with Crippen LogP contribution in [0, 0.1) is 6.92 Å². The summed E-state index contributed by atoms with van der Waals surface area (Å²) >= 11 is 6.11. The number of Topliss-reactive ketones (excluding diaryl/α,β-unsaturated/α-hetero) is 1. The first-order chi connectivity index (χ1) is 8.50. The minimum Gasteiger partial charge on any atom is -0.480 e. The van der Waals surface area contributed by atoms with E-state index in [4.69, 9.17) is 21.4 Å². The molecule has 0 heterocycles. The van der Waals surface area contributed by atoms with Crippen molar-refractivity contribution in [3.05, 3.63) is 27.8 Å². The van der Waals surface area contributed by atoms with Crippen molar-refractivity contribution in [3.63, 3.8) is 0 Å². The number of rotatable bonds is 3. The molecule has 0 amide bonds. The van der Waals surface area contributed by atoms with Crippen LogP contribution in [0.2, 0.25) is 5.02 Å². The van der Waals surface area contributed by atoms with Gasteiger partial charge in [0.2, 0.25) is 0 Å². The number of ketones is 1. The summed E-state index contributed by atoms with van der Waals surface area (Å²) < 4.78 is 5.14. The predicted molar refractivity (Wildman–Crippen MR) is 66.6 cm³/mol. The Balaban J connectivity index is 2.42. The summed E-state index contributed by atoms with van der Waals surface area (Å²) in [5.74, 6) is -0.622. The molecule has 0 atom stereocenters. The zero-order chi connectivity index (χ0) is 13.3. The second kappa shape index (κ2) is 4.98. The van der Waals surface area contributed by atoms with E-state index < -0.39 is 12.6 Å². The molecule has 0 bridgehead atoms. The van der Waals surface area contributed by atoms with Gasteiger partial charge in [0.25, 0.3) is 0 Å². The molecule has 0 unspecified atom stereocenters. The van der Waals surface area contributed by atoms with E-state index in [0.717, 1.165) is 18.4 Å². The molecular formula is C13H13ClO4. The zero-order valence-electron chi connectivity index (χ0n) is 9.96. The molecule has 1 aliphatic rings. The van der Waals surface area contributed by atoms with Crippen molar-refractivity contribution in [3.8, 4) is 5.75 Å². The molecule has 0 spiro atoms. The third kappa shape index (κ3) is 2.34. The number of fused-ring (bicyclic) bond motifs is 1. The van der Waals surface area contributed by atoms with Gasteiger partial charge in [-0.1, -0.05) is 11.6 Å². The van der Waals surface area contributed by atoms with Crippen molar-refractivity contribution >= 4 is 23.4 Å². The molecule has 1 N–H and O–H groups in total. The van der Waals surface area contributed by atoms with Gasteiger partial charge < -0.3 is 9.84 Å². The summed E-state index contributed by atoms with van der Waals surface area (Å²) in [6, 6.07) is 1.69. The van der Waals surface area contributed by atoms with E-state index in [-0.39, 0.29) is 5.78 Å². The van der Waals surface area contributed by atoms with Gasteiger partial charge in [0, 0.05) is 12.0 Å². The monoisotopic (exact) mass is 268 g/mol. The van der Waals surface area contributed by atoms with Gasteiger partial charge in [-0.05, 0) is 37.0 Å². The molecule has 4 nitrogen and oxygen atoms in total. The van der Waals surface area contributed by atoms with Crippen molar-refractivity contribution in [2.24, 2.45) is 0 Å². The highest BCUT2D eigenvalue weighted by molar-refractivity contribution is 6.33. The average Bonchev–Trinajstić information content (AvgIpc) is 2.31. The number of aryl methyl sites for hydroxylation is 1. The molecular weight excluding hydrogens is 256 g/mol. The predicted octanol–water partition coefficient (Wildman–Crippen LogP) is 2.63. The molecule has 0 saturated carbocycles. The Morgan fingerprint density at radius 1 is 1.50 bits per heavy atom. The Kier molecular flexibility index (Phi) is 3.57. The number of ether oxygens (including phenoxy) is 1. The van der Waals surface area contributed by atoms with Crippen LogP contribution < -0.4 is 4.74 Å². The maximum atomic E-state index is 11.8. The van der Waals surface area contributed by atoms with E-state index in [0.29, 0.717) is 28.3 Å². The summed E-state index contributed by atoms with van der Waals surface area (Å²) in [5, 5.41) is 8.92. The van der Waals surface area contributed by atoms with E-state index >= 15 is 0 Å². The van der Waals surface area contributed by atoms with E-state index in [1.807, 2.05) is 0 Å². The Hall–Kier alpha value is -1.55. The van der Waals surface area contributed by atoms with Gasteiger partial charge in [-0.15, -0.1) is 0 Å². The highest BCUT2D eigenvalue weighted by Gasteiger charge is 2.23. The van der Waals surface area contributed by atoms with Crippen LogP contribution in [0.1, 0.15) is 34.3 Å². The third-order valence-corrected chi connectivity index (χ3v) is 3.50. The number of hydrogen-bond donors (Lipinski definition) is 1. The van der Waals surface area contributed by atoms with Crippen LogP contribution >= 0.6 is 11.6 Å². The lowest BCUT2D eigenvalue weighted by Crippen LogP contribution is -2.15. The van der Waals surface area contributed by atoms with Crippen LogP contribution in [-0.2, 0) is 11.2 Å². The molecule has 96 valence electrons. The highest BCUT2D eigenvalue weighted by atomic mass is 35.5. The number of carboxylic acid groups (broad SMARTS) is 1. The summed E-state index contributed by atoms with van der Waals surface area (Å²) in [6.45, 7) is 1.32. The smallest absolute Gasteiger partial charge is 0.341 e. The highest BCUT2D eigenvalue weighted by Crippen LogP contribution is 2.36. The molecule has 0 radical (unpaired) electrons. The second-order valence-electron chi connectivity index (χ2n) is 4.31.